The molecule has 0 atom stereocenters. The van der Waals surface area contributed by atoms with Gasteiger partial charge in [-0.3, -0.25) is 20.2 Å². The van der Waals surface area contributed by atoms with E-state index in [0.29, 0.717) is 34.0 Å². The first-order valence-corrected chi connectivity index (χ1v) is 12.1. The molecule has 0 fully saturated rings. The summed E-state index contributed by atoms with van der Waals surface area (Å²) in [6.07, 6.45) is 0.588. The summed E-state index contributed by atoms with van der Waals surface area (Å²) in [4.78, 5) is 23.7. The molecule has 0 saturated carbocycles. The summed E-state index contributed by atoms with van der Waals surface area (Å²) < 4.78 is 0. The molecule has 0 amide bonds. The van der Waals surface area contributed by atoms with Crippen LogP contribution in [0.2, 0.25) is 10.0 Å². The third kappa shape index (κ3) is 6.00. The number of nitro benzene ring substituents is 2. The summed E-state index contributed by atoms with van der Waals surface area (Å²) in [5.41, 5.74) is 2.33. The maximum absolute atomic E-state index is 12.1. The summed E-state index contributed by atoms with van der Waals surface area (Å²) in [7, 11) is 0. The second-order valence-corrected chi connectivity index (χ2v) is 9.72. The number of nitro groups is 2. The molecule has 0 heterocycles. The van der Waals surface area contributed by atoms with Gasteiger partial charge in [-0.05, 0) is 35.4 Å². The first-order valence-electron chi connectivity index (χ1n) is 10.5. The van der Waals surface area contributed by atoms with Crippen molar-refractivity contribution in [2.45, 2.75) is 22.6 Å². The fourth-order valence-corrected chi connectivity index (χ4v) is 5.67. The average Bonchev–Trinajstić information content (AvgIpc) is 2.79. The van der Waals surface area contributed by atoms with Gasteiger partial charge in [0.05, 0.1) is 19.6 Å². The number of benzene rings is 4. The van der Waals surface area contributed by atoms with Crippen molar-refractivity contribution in [3.8, 4) is 0 Å². The average molecular weight is 525 g/mol. The first kappa shape index (κ1) is 24.7. The van der Waals surface area contributed by atoms with Crippen molar-refractivity contribution in [2.24, 2.45) is 0 Å². The molecule has 0 saturated heterocycles. The third-order valence-corrected chi connectivity index (χ3v) is 6.80. The number of rotatable bonds is 8. The topological polar surface area (TPSA) is 86.3 Å². The molecule has 4 rings (SSSR count). The lowest BCUT2D eigenvalue weighted by Crippen LogP contribution is -2.01. The molecule has 0 N–H and O–H groups in total. The van der Waals surface area contributed by atoms with E-state index in [1.165, 1.54) is 12.1 Å². The molecule has 9 heteroatoms. The van der Waals surface area contributed by atoms with Crippen molar-refractivity contribution in [1.82, 2.24) is 0 Å². The monoisotopic (exact) mass is 524 g/mol. The van der Waals surface area contributed by atoms with E-state index < -0.39 is 9.85 Å². The maximum atomic E-state index is 12.1. The van der Waals surface area contributed by atoms with Gasteiger partial charge in [-0.25, -0.2) is 0 Å². The Bertz CT molecular complexity index is 1290. The number of hydrogen-bond acceptors (Lipinski definition) is 5. The first-order chi connectivity index (χ1) is 16.8. The van der Waals surface area contributed by atoms with E-state index >= 15 is 0 Å². The quantitative estimate of drug-likeness (QED) is 0.171. The lowest BCUT2D eigenvalue weighted by atomic mass is 10.0. The van der Waals surface area contributed by atoms with Gasteiger partial charge in [-0.1, -0.05) is 95.6 Å². The van der Waals surface area contributed by atoms with Gasteiger partial charge in [0.2, 0.25) is 0 Å². The van der Waals surface area contributed by atoms with Crippen molar-refractivity contribution < 1.29 is 9.85 Å². The SMILES string of the molecule is O=[N+]([O-])c1c(Cc2ccccc2)cc(Cl)cc1Sc1cc(Cl)cc(Cc2ccccc2)c1[N+](=O)[O-]. The van der Waals surface area contributed by atoms with Crippen molar-refractivity contribution in [2.75, 3.05) is 0 Å². The van der Waals surface area contributed by atoms with Crippen LogP contribution < -0.4 is 0 Å². The van der Waals surface area contributed by atoms with Crippen LogP contribution in [0.15, 0.2) is 94.7 Å². The summed E-state index contributed by atoms with van der Waals surface area (Å²) in [6, 6.07) is 24.7. The molecule has 6 nitrogen and oxygen atoms in total. The number of hydrogen-bond donors (Lipinski definition) is 0. The molecule has 0 radical (unpaired) electrons. The van der Waals surface area contributed by atoms with Crippen LogP contribution in [0.3, 0.4) is 0 Å². The molecule has 0 spiro atoms. The predicted octanol–water partition coefficient (Wildman–Crippen LogP) is 8.14. The third-order valence-electron chi connectivity index (χ3n) is 5.30. The molecule has 176 valence electrons. The normalized spacial score (nSPS) is 10.8. The Morgan fingerprint density at radius 2 is 1.00 bits per heavy atom. The Balaban J connectivity index is 1.81. The smallest absolute Gasteiger partial charge is 0.258 e. The zero-order chi connectivity index (χ0) is 24.9. The molecule has 0 aliphatic heterocycles. The van der Waals surface area contributed by atoms with Crippen LogP contribution in [0.4, 0.5) is 11.4 Å². The van der Waals surface area contributed by atoms with Crippen LogP contribution in [0.5, 0.6) is 0 Å². The van der Waals surface area contributed by atoms with Gasteiger partial charge in [0.25, 0.3) is 11.4 Å². The highest BCUT2D eigenvalue weighted by Crippen LogP contribution is 2.45. The summed E-state index contributed by atoms with van der Waals surface area (Å²) in [5, 5.41) is 24.8. The molecule has 0 aromatic heterocycles. The fourth-order valence-electron chi connectivity index (χ4n) is 3.85. The van der Waals surface area contributed by atoms with E-state index in [9.17, 15) is 20.2 Å². The van der Waals surface area contributed by atoms with E-state index in [1.807, 2.05) is 60.7 Å². The predicted molar refractivity (Wildman–Crippen MR) is 139 cm³/mol. The van der Waals surface area contributed by atoms with Crippen molar-refractivity contribution >= 4 is 46.3 Å². The second-order valence-electron chi connectivity index (χ2n) is 7.76. The van der Waals surface area contributed by atoms with Gasteiger partial charge in [0.15, 0.2) is 0 Å². The molecule has 0 bridgehead atoms. The molecule has 0 aliphatic carbocycles. The fraction of sp³-hybridized carbons (Fsp3) is 0.0769. The van der Waals surface area contributed by atoms with Crippen LogP contribution in [0, 0.1) is 20.2 Å². The zero-order valence-corrected chi connectivity index (χ0v) is 20.5. The standard InChI is InChI=1S/C26H18Cl2N2O4S/c27-21-13-19(11-17-7-3-1-4-8-17)25(29(31)32)23(15-21)35-24-16-22(28)14-20(26(24)30(33)34)12-18-9-5-2-6-10-18/h1-10,13-16H,11-12H2. The molecule has 4 aromatic carbocycles. The molecule has 35 heavy (non-hydrogen) atoms. The Labute approximate surface area is 215 Å². The highest BCUT2D eigenvalue weighted by Gasteiger charge is 2.27. The minimum Gasteiger partial charge on any atom is -0.258 e. The summed E-state index contributed by atoms with van der Waals surface area (Å²) in [5.74, 6) is 0. The van der Waals surface area contributed by atoms with E-state index in [-0.39, 0.29) is 21.2 Å². The van der Waals surface area contributed by atoms with Crippen LogP contribution in [-0.4, -0.2) is 9.85 Å². The van der Waals surface area contributed by atoms with E-state index in [4.69, 9.17) is 23.2 Å². The van der Waals surface area contributed by atoms with Gasteiger partial charge < -0.3 is 0 Å². The Morgan fingerprint density at radius 3 is 1.34 bits per heavy atom. The summed E-state index contributed by atoms with van der Waals surface area (Å²) in [6.45, 7) is 0. The van der Waals surface area contributed by atoms with Crippen LogP contribution in [-0.2, 0) is 12.8 Å². The number of nitrogens with zero attached hydrogens (tertiary/aromatic N) is 2. The Morgan fingerprint density at radius 1 is 0.629 bits per heavy atom. The minimum absolute atomic E-state index is 0.137. The number of halogens is 2. The maximum Gasteiger partial charge on any atom is 0.286 e. The van der Waals surface area contributed by atoms with Crippen molar-refractivity contribution in [3.05, 3.63) is 137 Å². The highest BCUT2D eigenvalue weighted by atomic mass is 35.5. The lowest BCUT2D eigenvalue weighted by Gasteiger charge is -2.12. The Hall–Kier alpha value is -3.39. The second kappa shape index (κ2) is 10.9. The zero-order valence-electron chi connectivity index (χ0n) is 18.2. The lowest BCUT2D eigenvalue weighted by molar-refractivity contribution is -0.388. The van der Waals surface area contributed by atoms with Crippen LogP contribution in [0.1, 0.15) is 22.3 Å². The van der Waals surface area contributed by atoms with E-state index in [2.05, 4.69) is 0 Å². The Kier molecular flexibility index (Phi) is 7.70. The largest absolute Gasteiger partial charge is 0.286 e. The van der Waals surface area contributed by atoms with Crippen LogP contribution >= 0.6 is 35.0 Å². The molecular formula is C26H18Cl2N2O4S. The van der Waals surface area contributed by atoms with Crippen molar-refractivity contribution in [3.63, 3.8) is 0 Å². The van der Waals surface area contributed by atoms with Crippen molar-refractivity contribution in [1.29, 1.82) is 0 Å². The molecule has 0 unspecified atom stereocenters. The van der Waals surface area contributed by atoms with E-state index in [1.54, 1.807) is 12.1 Å². The van der Waals surface area contributed by atoms with Gasteiger partial charge in [-0.15, -0.1) is 0 Å². The molecule has 0 aliphatic rings. The van der Waals surface area contributed by atoms with Crippen LogP contribution in [0.25, 0.3) is 0 Å². The van der Waals surface area contributed by atoms with Gasteiger partial charge in [-0.2, -0.15) is 0 Å². The van der Waals surface area contributed by atoms with Gasteiger partial charge >= 0.3 is 0 Å². The minimum atomic E-state index is -0.474. The van der Waals surface area contributed by atoms with Gasteiger partial charge in [0, 0.05) is 34.0 Å². The van der Waals surface area contributed by atoms with E-state index in [0.717, 1.165) is 22.9 Å². The highest BCUT2D eigenvalue weighted by molar-refractivity contribution is 7.99. The van der Waals surface area contributed by atoms with Gasteiger partial charge in [0.1, 0.15) is 0 Å². The molecule has 4 aromatic rings. The summed E-state index contributed by atoms with van der Waals surface area (Å²) >= 11 is 13.6. The molecular weight excluding hydrogens is 507 g/mol.